The third kappa shape index (κ3) is 4.71. The van der Waals surface area contributed by atoms with Crippen LogP contribution in [-0.4, -0.2) is 32.7 Å². The molecule has 0 unspecified atom stereocenters. The number of carbonyl (C=O) groups is 1. The van der Waals surface area contributed by atoms with E-state index in [1.54, 1.807) is 31.2 Å². The maximum absolute atomic E-state index is 12.2. The molecule has 0 saturated carbocycles. The molecule has 122 valence electrons. The fourth-order valence-electron chi connectivity index (χ4n) is 2.49. The fraction of sp³-hybridized carbons (Fsp3) is 0.533. The van der Waals surface area contributed by atoms with E-state index in [-0.39, 0.29) is 17.6 Å². The van der Waals surface area contributed by atoms with Crippen molar-refractivity contribution in [3.63, 3.8) is 0 Å². The average molecular weight is 325 g/mol. The zero-order valence-corrected chi connectivity index (χ0v) is 13.7. The maximum Gasteiger partial charge on any atom is 0.232 e. The minimum Gasteiger partial charge on any atom is -0.326 e. The number of benzene rings is 1. The van der Waals surface area contributed by atoms with E-state index in [2.05, 4.69) is 22.3 Å². The molecule has 0 aliphatic carbocycles. The summed E-state index contributed by atoms with van der Waals surface area (Å²) in [7, 11) is -3.28. The number of piperidine rings is 1. The number of hydrogen-bond acceptors (Lipinski definition) is 4. The van der Waals surface area contributed by atoms with Crippen LogP contribution in [0.25, 0.3) is 0 Å². The third-order valence-electron chi connectivity index (χ3n) is 3.80. The highest BCUT2D eigenvalue weighted by atomic mass is 32.2. The second kappa shape index (κ2) is 7.11. The van der Waals surface area contributed by atoms with Gasteiger partial charge in [-0.05, 0) is 57.5 Å². The summed E-state index contributed by atoms with van der Waals surface area (Å²) in [5, 5.41) is 6.21. The summed E-state index contributed by atoms with van der Waals surface area (Å²) < 4.78 is 25.4. The zero-order chi connectivity index (χ0) is 16.2. The van der Waals surface area contributed by atoms with Crippen LogP contribution in [-0.2, 0) is 14.8 Å². The first-order chi connectivity index (χ1) is 10.4. The Morgan fingerprint density at radius 3 is 2.50 bits per heavy atom. The van der Waals surface area contributed by atoms with Gasteiger partial charge in [0.2, 0.25) is 15.9 Å². The van der Waals surface area contributed by atoms with Crippen molar-refractivity contribution in [2.75, 3.05) is 22.3 Å². The smallest absolute Gasteiger partial charge is 0.232 e. The molecule has 1 fully saturated rings. The summed E-state index contributed by atoms with van der Waals surface area (Å²) in [6.07, 6.45) is 1.67. The van der Waals surface area contributed by atoms with Gasteiger partial charge in [-0.25, -0.2) is 8.42 Å². The van der Waals surface area contributed by atoms with Crippen LogP contribution in [0.4, 0.5) is 11.4 Å². The van der Waals surface area contributed by atoms with E-state index < -0.39 is 10.0 Å². The third-order valence-corrected chi connectivity index (χ3v) is 5.11. The van der Waals surface area contributed by atoms with E-state index in [0.29, 0.717) is 17.4 Å². The molecule has 0 aromatic heterocycles. The van der Waals surface area contributed by atoms with Gasteiger partial charge >= 0.3 is 0 Å². The van der Waals surface area contributed by atoms with Crippen LogP contribution < -0.4 is 15.4 Å². The van der Waals surface area contributed by atoms with E-state index in [0.717, 1.165) is 19.4 Å². The number of carbonyl (C=O) groups excluding carboxylic acids is 1. The summed E-state index contributed by atoms with van der Waals surface area (Å²) in [4.78, 5) is 12.2. The van der Waals surface area contributed by atoms with Crippen LogP contribution in [0.2, 0.25) is 0 Å². The highest BCUT2D eigenvalue weighted by molar-refractivity contribution is 7.92. The predicted molar refractivity (Wildman–Crippen MR) is 88.3 cm³/mol. The van der Waals surface area contributed by atoms with Crippen molar-refractivity contribution in [1.82, 2.24) is 5.32 Å². The van der Waals surface area contributed by atoms with Crippen molar-refractivity contribution >= 4 is 27.3 Å². The Hall–Kier alpha value is -1.60. The van der Waals surface area contributed by atoms with Crippen molar-refractivity contribution in [3.8, 4) is 0 Å². The molecule has 1 aromatic rings. The Balaban J connectivity index is 1.95. The van der Waals surface area contributed by atoms with Gasteiger partial charge < -0.3 is 10.6 Å². The topological polar surface area (TPSA) is 87.3 Å². The SMILES string of the molecule is CCS(=O)(=O)Nc1ccc(NC(=O)[C@H]2CCN[C@@H](C)C2)cc1. The Kier molecular flexibility index (Phi) is 5.42. The second-order valence-electron chi connectivity index (χ2n) is 5.65. The van der Waals surface area contributed by atoms with Crippen LogP contribution in [0, 0.1) is 5.92 Å². The first-order valence-corrected chi connectivity index (χ1v) is 9.19. The molecular formula is C15H23N3O3S. The molecule has 7 heteroatoms. The molecule has 22 heavy (non-hydrogen) atoms. The number of sulfonamides is 1. The summed E-state index contributed by atoms with van der Waals surface area (Å²) in [5.74, 6) is 0.0732. The van der Waals surface area contributed by atoms with Crippen molar-refractivity contribution in [3.05, 3.63) is 24.3 Å². The number of hydrogen-bond donors (Lipinski definition) is 3. The lowest BCUT2D eigenvalue weighted by molar-refractivity contribution is -0.120. The van der Waals surface area contributed by atoms with Gasteiger partial charge in [-0.15, -0.1) is 0 Å². The highest BCUT2D eigenvalue weighted by Gasteiger charge is 2.24. The van der Waals surface area contributed by atoms with Gasteiger partial charge in [0.15, 0.2) is 0 Å². The number of amides is 1. The normalized spacial score (nSPS) is 22.1. The van der Waals surface area contributed by atoms with Gasteiger partial charge in [-0.1, -0.05) is 0 Å². The van der Waals surface area contributed by atoms with Crippen LogP contribution in [0.15, 0.2) is 24.3 Å². The molecular weight excluding hydrogens is 302 g/mol. The molecule has 1 amide bonds. The van der Waals surface area contributed by atoms with Gasteiger partial charge in [-0.3, -0.25) is 9.52 Å². The summed E-state index contributed by atoms with van der Waals surface area (Å²) >= 11 is 0. The molecule has 1 saturated heterocycles. The largest absolute Gasteiger partial charge is 0.326 e. The van der Waals surface area contributed by atoms with Crippen molar-refractivity contribution in [2.45, 2.75) is 32.7 Å². The van der Waals surface area contributed by atoms with E-state index in [1.807, 2.05) is 0 Å². The molecule has 0 spiro atoms. The fourth-order valence-corrected chi connectivity index (χ4v) is 3.13. The highest BCUT2D eigenvalue weighted by Crippen LogP contribution is 2.20. The first-order valence-electron chi connectivity index (χ1n) is 7.54. The van der Waals surface area contributed by atoms with Crippen LogP contribution in [0.5, 0.6) is 0 Å². The van der Waals surface area contributed by atoms with E-state index in [4.69, 9.17) is 0 Å². The number of rotatable bonds is 5. The lowest BCUT2D eigenvalue weighted by Gasteiger charge is -2.27. The molecule has 2 atom stereocenters. The first kappa shape index (κ1) is 16.8. The molecule has 0 radical (unpaired) electrons. The van der Waals surface area contributed by atoms with Gasteiger partial charge in [0.25, 0.3) is 0 Å². The van der Waals surface area contributed by atoms with Crippen molar-refractivity contribution < 1.29 is 13.2 Å². The minimum atomic E-state index is -3.28. The maximum atomic E-state index is 12.2. The monoisotopic (exact) mass is 325 g/mol. The van der Waals surface area contributed by atoms with E-state index >= 15 is 0 Å². The van der Waals surface area contributed by atoms with Crippen LogP contribution in [0.1, 0.15) is 26.7 Å². The Labute approximate surface area is 131 Å². The minimum absolute atomic E-state index is 0.0227. The molecule has 2 rings (SSSR count). The van der Waals surface area contributed by atoms with Crippen molar-refractivity contribution in [2.24, 2.45) is 5.92 Å². The van der Waals surface area contributed by atoms with E-state index in [9.17, 15) is 13.2 Å². The standard InChI is InChI=1S/C15H23N3O3S/c1-3-22(20,21)18-14-6-4-13(5-7-14)17-15(19)12-8-9-16-11(2)10-12/h4-7,11-12,16,18H,3,8-10H2,1-2H3,(H,17,19)/t11-,12-/m0/s1. The molecule has 1 aliphatic heterocycles. The zero-order valence-electron chi connectivity index (χ0n) is 12.9. The van der Waals surface area contributed by atoms with Gasteiger partial charge in [0.1, 0.15) is 0 Å². The van der Waals surface area contributed by atoms with E-state index in [1.165, 1.54) is 0 Å². The number of nitrogens with one attached hydrogen (secondary N) is 3. The summed E-state index contributed by atoms with van der Waals surface area (Å²) in [6.45, 7) is 4.52. The molecule has 6 nitrogen and oxygen atoms in total. The second-order valence-corrected chi connectivity index (χ2v) is 7.66. The summed E-state index contributed by atoms with van der Waals surface area (Å²) in [5.41, 5.74) is 1.17. The Morgan fingerprint density at radius 2 is 1.91 bits per heavy atom. The molecule has 3 N–H and O–H groups in total. The van der Waals surface area contributed by atoms with Gasteiger partial charge in [-0.2, -0.15) is 0 Å². The molecule has 1 heterocycles. The Bertz CT molecular complexity index is 613. The summed E-state index contributed by atoms with van der Waals surface area (Å²) in [6, 6.07) is 7.06. The lowest BCUT2D eigenvalue weighted by Crippen LogP contribution is -2.40. The molecule has 1 aliphatic rings. The van der Waals surface area contributed by atoms with Crippen LogP contribution >= 0.6 is 0 Å². The predicted octanol–water partition coefficient (Wildman–Crippen LogP) is 1.77. The van der Waals surface area contributed by atoms with Crippen molar-refractivity contribution in [1.29, 1.82) is 0 Å². The van der Waals surface area contributed by atoms with Gasteiger partial charge in [0.05, 0.1) is 5.75 Å². The van der Waals surface area contributed by atoms with Gasteiger partial charge in [0, 0.05) is 23.3 Å². The number of anilines is 2. The Morgan fingerprint density at radius 1 is 1.27 bits per heavy atom. The molecule has 0 bridgehead atoms. The lowest BCUT2D eigenvalue weighted by atomic mass is 9.92. The average Bonchev–Trinajstić information content (AvgIpc) is 2.49. The van der Waals surface area contributed by atoms with Crippen LogP contribution in [0.3, 0.4) is 0 Å². The quantitative estimate of drug-likeness (QED) is 0.770. The molecule has 1 aromatic carbocycles.